The van der Waals surface area contributed by atoms with Crippen LogP contribution < -0.4 is 10.1 Å². The number of nitrogens with one attached hydrogen (secondary N) is 1. The Kier molecular flexibility index (Phi) is 6.06. The van der Waals surface area contributed by atoms with Gasteiger partial charge in [0.2, 0.25) is 0 Å². The van der Waals surface area contributed by atoms with Gasteiger partial charge < -0.3 is 10.1 Å². The third-order valence-electron chi connectivity index (χ3n) is 2.87. The summed E-state index contributed by atoms with van der Waals surface area (Å²) >= 11 is 0. The molecule has 1 aromatic carbocycles. The molecule has 2 heteroatoms. The lowest BCUT2D eigenvalue weighted by Crippen LogP contribution is -2.21. The lowest BCUT2D eigenvalue weighted by molar-refractivity contribution is 0.271. The quantitative estimate of drug-likeness (QED) is 0.783. The summed E-state index contributed by atoms with van der Waals surface area (Å²) in [6.45, 7) is 7.32. The average molecular weight is 235 g/mol. The van der Waals surface area contributed by atoms with E-state index in [1.54, 1.807) is 0 Å². The molecule has 0 heterocycles. The first-order chi connectivity index (χ1) is 8.11. The molecule has 0 aliphatic heterocycles. The number of hydrogen-bond donors (Lipinski definition) is 1. The fraction of sp³-hybridized carbons (Fsp3) is 0.600. The molecule has 0 aliphatic rings. The molecule has 0 spiro atoms. The van der Waals surface area contributed by atoms with E-state index in [0.717, 1.165) is 18.8 Å². The van der Waals surface area contributed by atoms with Crippen LogP contribution in [0.15, 0.2) is 24.3 Å². The number of ether oxygens (including phenoxy) is 1. The second kappa shape index (κ2) is 7.33. The molecule has 2 nitrogen and oxygen atoms in total. The Hall–Kier alpha value is -1.02. The molecule has 1 unspecified atom stereocenters. The van der Waals surface area contributed by atoms with Crippen molar-refractivity contribution in [2.24, 2.45) is 5.92 Å². The van der Waals surface area contributed by atoms with Crippen LogP contribution in [0.4, 0.5) is 0 Å². The number of rotatable bonds is 7. The Morgan fingerprint density at radius 1 is 1.12 bits per heavy atom. The van der Waals surface area contributed by atoms with Gasteiger partial charge >= 0.3 is 0 Å². The summed E-state index contributed by atoms with van der Waals surface area (Å²) in [5, 5.41) is 3.25. The Morgan fingerprint density at radius 3 is 2.29 bits per heavy atom. The standard InChI is InChI=1S/C15H25NO/c1-12(2)11-17-15-9-7-14(8-10-15)6-5-13(3)16-4/h7-10,12-13,16H,5-6,11H2,1-4H3. The lowest BCUT2D eigenvalue weighted by atomic mass is 10.1. The zero-order valence-electron chi connectivity index (χ0n) is 11.5. The summed E-state index contributed by atoms with van der Waals surface area (Å²) in [5.41, 5.74) is 1.38. The molecule has 0 saturated carbocycles. The van der Waals surface area contributed by atoms with Crippen LogP contribution in [0.2, 0.25) is 0 Å². The Balaban J connectivity index is 2.39. The van der Waals surface area contributed by atoms with Crippen LogP contribution in [0.25, 0.3) is 0 Å². The van der Waals surface area contributed by atoms with Crippen molar-refractivity contribution in [1.82, 2.24) is 5.32 Å². The minimum Gasteiger partial charge on any atom is -0.493 e. The molecule has 0 saturated heterocycles. The molecule has 96 valence electrons. The second-order valence-corrected chi connectivity index (χ2v) is 5.08. The predicted octanol–water partition coefficient (Wildman–Crippen LogP) is 3.26. The molecular weight excluding hydrogens is 210 g/mol. The summed E-state index contributed by atoms with van der Waals surface area (Å²) in [4.78, 5) is 0. The van der Waals surface area contributed by atoms with E-state index < -0.39 is 0 Å². The summed E-state index contributed by atoms with van der Waals surface area (Å²) in [6, 6.07) is 9.05. The molecule has 0 aromatic heterocycles. The van der Waals surface area contributed by atoms with Gasteiger partial charge in [0, 0.05) is 6.04 Å². The van der Waals surface area contributed by atoms with Gasteiger partial charge in [-0.15, -0.1) is 0 Å². The van der Waals surface area contributed by atoms with E-state index in [1.807, 2.05) is 7.05 Å². The Labute approximate surface area is 105 Å². The molecule has 0 bridgehead atoms. The van der Waals surface area contributed by atoms with Gasteiger partial charge in [0.15, 0.2) is 0 Å². The van der Waals surface area contributed by atoms with Crippen LogP contribution in [0.3, 0.4) is 0 Å². The minimum absolute atomic E-state index is 0.575. The van der Waals surface area contributed by atoms with Crippen molar-refractivity contribution in [2.75, 3.05) is 13.7 Å². The minimum atomic E-state index is 0.575. The molecular formula is C15H25NO. The lowest BCUT2D eigenvalue weighted by Gasteiger charge is -2.11. The topological polar surface area (TPSA) is 21.3 Å². The Bertz CT molecular complexity index is 305. The molecule has 17 heavy (non-hydrogen) atoms. The zero-order chi connectivity index (χ0) is 12.7. The molecule has 0 radical (unpaired) electrons. The highest BCUT2D eigenvalue weighted by Crippen LogP contribution is 2.14. The van der Waals surface area contributed by atoms with Crippen molar-refractivity contribution in [3.63, 3.8) is 0 Å². The highest BCUT2D eigenvalue weighted by Gasteiger charge is 2.01. The van der Waals surface area contributed by atoms with Crippen LogP contribution in [-0.4, -0.2) is 19.7 Å². The maximum absolute atomic E-state index is 5.66. The molecule has 1 aromatic rings. The molecule has 0 amide bonds. The van der Waals surface area contributed by atoms with Gasteiger partial charge in [-0.25, -0.2) is 0 Å². The summed E-state index contributed by atoms with van der Waals surface area (Å²) < 4.78 is 5.66. The van der Waals surface area contributed by atoms with Crippen LogP contribution in [0.1, 0.15) is 32.8 Å². The van der Waals surface area contributed by atoms with Crippen molar-refractivity contribution in [2.45, 2.75) is 39.7 Å². The van der Waals surface area contributed by atoms with E-state index in [9.17, 15) is 0 Å². The third-order valence-corrected chi connectivity index (χ3v) is 2.87. The fourth-order valence-corrected chi connectivity index (χ4v) is 1.54. The molecule has 0 aliphatic carbocycles. The monoisotopic (exact) mass is 235 g/mol. The van der Waals surface area contributed by atoms with Crippen LogP contribution in [0.5, 0.6) is 5.75 Å². The first-order valence-electron chi connectivity index (χ1n) is 6.50. The number of hydrogen-bond acceptors (Lipinski definition) is 2. The van der Waals surface area contributed by atoms with E-state index in [-0.39, 0.29) is 0 Å². The van der Waals surface area contributed by atoms with Crippen molar-refractivity contribution >= 4 is 0 Å². The zero-order valence-corrected chi connectivity index (χ0v) is 11.5. The highest BCUT2D eigenvalue weighted by atomic mass is 16.5. The van der Waals surface area contributed by atoms with Crippen molar-refractivity contribution in [3.05, 3.63) is 29.8 Å². The number of benzene rings is 1. The van der Waals surface area contributed by atoms with Gasteiger partial charge in [-0.1, -0.05) is 26.0 Å². The second-order valence-electron chi connectivity index (χ2n) is 5.08. The molecule has 1 atom stereocenters. The summed E-state index contributed by atoms with van der Waals surface area (Å²) in [7, 11) is 2.01. The third kappa shape index (κ3) is 5.73. The molecule has 0 fully saturated rings. The SMILES string of the molecule is CNC(C)CCc1ccc(OCC(C)C)cc1. The Morgan fingerprint density at radius 2 is 1.76 bits per heavy atom. The van der Waals surface area contributed by atoms with Gasteiger partial charge in [-0.05, 0) is 50.4 Å². The van der Waals surface area contributed by atoms with E-state index in [2.05, 4.69) is 50.4 Å². The summed E-state index contributed by atoms with van der Waals surface area (Å²) in [5.74, 6) is 1.55. The van der Waals surface area contributed by atoms with Gasteiger partial charge in [-0.3, -0.25) is 0 Å². The van der Waals surface area contributed by atoms with E-state index >= 15 is 0 Å². The van der Waals surface area contributed by atoms with Gasteiger partial charge in [0.05, 0.1) is 6.61 Å². The summed E-state index contributed by atoms with van der Waals surface area (Å²) in [6.07, 6.45) is 2.29. The first-order valence-corrected chi connectivity index (χ1v) is 6.50. The largest absolute Gasteiger partial charge is 0.493 e. The normalized spacial score (nSPS) is 12.8. The van der Waals surface area contributed by atoms with Crippen LogP contribution in [-0.2, 0) is 6.42 Å². The van der Waals surface area contributed by atoms with Gasteiger partial charge in [0.1, 0.15) is 5.75 Å². The predicted molar refractivity (Wildman–Crippen MR) is 73.6 cm³/mol. The van der Waals surface area contributed by atoms with E-state index in [4.69, 9.17) is 4.74 Å². The van der Waals surface area contributed by atoms with Gasteiger partial charge in [0.25, 0.3) is 0 Å². The average Bonchev–Trinajstić information content (AvgIpc) is 2.34. The van der Waals surface area contributed by atoms with Gasteiger partial charge in [-0.2, -0.15) is 0 Å². The van der Waals surface area contributed by atoms with Crippen LogP contribution >= 0.6 is 0 Å². The maximum atomic E-state index is 5.66. The fourth-order valence-electron chi connectivity index (χ4n) is 1.54. The molecule has 1 N–H and O–H groups in total. The first kappa shape index (κ1) is 14.0. The smallest absolute Gasteiger partial charge is 0.119 e. The van der Waals surface area contributed by atoms with Crippen molar-refractivity contribution in [1.29, 1.82) is 0 Å². The van der Waals surface area contributed by atoms with Crippen molar-refractivity contribution in [3.8, 4) is 5.75 Å². The highest BCUT2D eigenvalue weighted by molar-refractivity contribution is 5.27. The van der Waals surface area contributed by atoms with E-state index in [0.29, 0.717) is 12.0 Å². The maximum Gasteiger partial charge on any atom is 0.119 e. The number of aryl methyl sites for hydroxylation is 1. The van der Waals surface area contributed by atoms with E-state index in [1.165, 1.54) is 12.0 Å². The van der Waals surface area contributed by atoms with Crippen LogP contribution in [0, 0.1) is 5.92 Å². The molecule has 1 rings (SSSR count). The van der Waals surface area contributed by atoms with Crippen molar-refractivity contribution < 1.29 is 4.74 Å².